The second kappa shape index (κ2) is 5.56. The molecule has 0 radical (unpaired) electrons. The van der Waals surface area contributed by atoms with Crippen molar-refractivity contribution in [2.24, 2.45) is 0 Å². The minimum absolute atomic E-state index is 0. The number of rotatable bonds is 2. The van der Waals surface area contributed by atoms with Crippen molar-refractivity contribution in [1.82, 2.24) is 0 Å². The third kappa shape index (κ3) is 3.59. The summed E-state index contributed by atoms with van der Waals surface area (Å²) in [4.78, 5) is 30.0. The Balaban J connectivity index is 0.00000169. The van der Waals surface area contributed by atoms with E-state index < -0.39 is 13.1 Å². The monoisotopic (exact) mass is 286 g/mol. The molecule has 0 aliphatic rings. The van der Waals surface area contributed by atoms with Gasteiger partial charge in [-0.25, -0.2) is 0 Å². The standard InChI is InChI=1S/C7H6BrO4P.Na/c8-6-4-2-1-3-5(6)7(9)13(10,11)12;/h1-4H,(H2,10,11,12);/q;+1/p-1. The molecule has 4 nitrogen and oxygen atoms in total. The normalized spacial score (nSPS) is 13.9. The molecule has 0 aliphatic heterocycles. The average Bonchev–Trinajstić information content (AvgIpc) is 2.02. The third-order valence-electron chi connectivity index (χ3n) is 1.36. The Hall–Kier alpha value is 0.520. The smallest absolute Gasteiger partial charge is 0.773 e. The molecule has 0 heterocycles. The SMILES string of the molecule is O=C(c1ccccc1Br)P(=O)([O-])O.[Na+]. The van der Waals surface area contributed by atoms with E-state index in [0.29, 0.717) is 4.47 Å². The number of carbonyl (C=O) groups is 1. The van der Waals surface area contributed by atoms with Crippen molar-refractivity contribution >= 4 is 29.1 Å². The second-order valence-corrected chi connectivity index (χ2v) is 4.61. The Kier molecular flexibility index (Phi) is 5.77. The maximum atomic E-state index is 11.0. The molecule has 14 heavy (non-hydrogen) atoms. The number of halogens is 1. The van der Waals surface area contributed by atoms with Gasteiger partial charge < -0.3 is 14.4 Å². The number of hydrogen-bond donors (Lipinski definition) is 1. The van der Waals surface area contributed by atoms with Crippen LogP contribution in [0.4, 0.5) is 0 Å². The van der Waals surface area contributed by atoms with E-state index in [0.717, 1.165) is 0 Å². The first kappa shape index (κ1) is 14.5. The molecule has 7 heteroatoms. The Morgan fingerprint density at radius 3 is 2.36 bits per heavy atom. The van der Waals surface area contributed by atoms with E-state index in [9.17, 15) is 14.3 Å². The fourth-order valence-electron chi connectivity index (χ4n) is 0.787. The minimum Gasteiger partial charge on any atom is -0.773 e. The summed E-state index contributed by atoms with van der Waals surface area (Å²) >= 11 is 3.00. The predicted molar refractivity (Wildman–Crippen MR) is 48.3 cm³/mol. The summed E-state index contributed by atoms with van der Waals surface area (Å²) in [5.41, 5.74) is -1.34. The molecule has 1 aromatic rings. The molecule has 1 unspecified atom stereocenters. The summed E-state index contributed by atoms with van der Waals surface area (Å²) in [7, 11) is -4.92. The van der Waals surface area contributed by atoms with Gasteiger partial charge in [0.2, 0.25) is 13.1 Å². The van der Waals surface area contributed by atoms with Crippen LogP contribution in [0.1, 0.15) is 10.4 Å². The van der Waals surface area contributed by atoms with Crippen LogP contribution in [0.2, 0.25) is 0 Å². The van der Waals surface area contributed by atoms with Crippen LogP contribution in [0.3, 0.4) is 0 Å². The number of hydrogen-bond acceptors (Lipinski definition) is 3. The van der Waals surface area contributed by atoms with Gasteiger partial charge >= 0.3 is 29.6 Å². The van der Waals surface area contributed by atoms with Crippen LogP contribution in [0.15, 0.2) is 28.7 Å². The van der Waals surface area contributed by atoms with Crippen LogP contribution in [-0.4, -0.2) is 10.4 Å². The van der Waals surface area contributed by atoms with Gasteiger partial charge in [0.15, 0.2) is 0 Å². The Bertz CT molecular complexity index is 389. The van der Waals surface area contributed by atoms with Gasteiger partial charge in [0.05, 0.1) is 0 Å². The summed E-state index contributed by atoms with van der Waals surface area (Å²) < 4.78 is 10.8. The van der Waals surface area contributed by atoms with Crippen molar-refractivity contribution in [2.45, 2.75) is 0 Å². The fourth-order valence-corrected chi connectivity index (χ4v) is 1.90. The van der Waals surface area contributed by atoms with Gasteiger partial charge in [0, 0.05) is 10.0 Å². The van der Waals surface area contributed by atoms with Gasteiger partial charge in [-0.15, -0.1) is 0 Å². The van der Waals surface area contributed by atoms with Crippen molar-refractivity contribution in [3.63, 3.8) is 0 Å². The number of carbonyl (C=O) groups excluding carboxylic acids is 1. The molecule has 0 aromatic heterocycles. The molecule has 1 N–H and O–H groups in total. The van der Waals surface area contributed by atoms with Crippen LogP contribution >= 0.6 is 23.5 Å². The Morgan fingerprint density at radius 1 is 1.43 bits per heavy atom. The summed E-state index contributed by atoms with van der Waals surface area (Å²) in [6.45, 7) is 0. The maximum Gasteiger partial charge on any atom is 1.00 e. The molecule has 70 valence electrons. The molecular formula is C7H5BrNaO4P. The molecule has 0 fully saturated rings. The molecule has 0 spiro atoms. The van der Waals surface area contributed by atoms with Crippen molar-refractivity contribution in [2.75, 3.05) is 0 Å². The van der Waals surface area contributed by atoms with Crippen LogP contribution in [0.25, 0.3) is 0 Å². The molecule has 1 aromatic carbocycles. The Morgan fingerprint density at radius 2 is 1.93 bits per heavy atom. The largest absolute Gasteiger partial charge is 1.00 e. The zero-order valence-electron chi connectivity index (χ0n) is 7.31. The molecule has 0 aliphatic carbocycles. The minimum atomic E-state index is -4.92. The molecule has 0 bridgehead atoms. The summed E-state index contributed by atoms with van der Waals surface area (Å²) in [6.07, 6.45) is 0. The molecule has 1 rings (SSSR count). The third-order valence-corrected chi connectivity index (χ3v) is 2.81. The van der Waals surface area contributed by atoms with Gasteiger partial charge in [-0.1, -0.05) is 28.1 Å². The molecule has 0 saturated carbocycles. The molecular weight excluding hydrogens is 282 g/mol. The van der Waals surface area contributed by atoms with E-state index in [2.05, 4.69) is 15.9 Å². The van der Waals surface area contributed by atoms with Crippen LogP contribution in [0.5, 0.6) is 0 Å². The van der Waals surface area contributed by atoms with Crippen LogP contribution in [-0.2, 0) is 4.57 Å². The van der Waals surface area contributed by atoms with Crippen LogP contribution in [0, 0.1) is 0 Å². The first-order valence-corrected chi connectivity index (χ1v) is 5.63. The second-order valence-electron chi connectivity index (χ2n) is 2.31. The van der Waals surface area contributed by atoms with Crippen molar-refractivity contribution in [3.05, 3.63) is 34.3 Å². The summed E-state index contributed by atoms with van der Waals surface area (Å²) in [5.74, 6) is 0. The first-order valence-electron chi connectivity index (χ1n) is 3.26. The van der Waals surface area contributed by atoms with E-state index in [1.165, 1.54) is 18.2 Å². The zero-order valence-corrected chi connectivity index (χ0v) is 11.8. The van der Waals surface area contributed by atoms with Gasteiger partial charge in [-0.2, -0.15) is 0 Å². The van der Waals surface area contributed by atoms with Crippen molar-refractivity contribution in [3.8, 4) is 0 Å². The summed E-state index contributed by atoms with van der Waals surface area (Å²) in [6, 6.07) is 5.97. The van der Waals surface area contributed by atoms with Crippen LogP contribution < -0.4 is 34.5 Å². The van der Waals surface area contributed by atoms with Gasteiger partial charge in [-0.05, 0) is 12.1 Å². The topological polar surface area (TPSA) is 77.4 Å². The van der Waals surface area contributed by atoms with E-state index in [-0.39, 0.29) is 35.1 Å². The van der Waals surface area contributed by atoms with E-state index >= 15 is 0 Å². The Labute approximate surface area is 111 Å². The maximum absolute atomic E-state index is 11.0. The van der Waals surface area contributed by atoms with E-state index in [4.69, 9.17) is 4.89 Å². The first-order chi connectivity index (χ1) is 5.93. The summed E-state index contributed by atoms with van der Waals surface area (Å²) in [5, 5.41) is 0. The van der Waals surface area contributed by atoms with E-state index in [1.54, 1.807) is 6.07 Å². The molecule has 1 atom stereocenters. The fraction of sp³-hybridized carbons (Fsp3) is 0. The van der Waals surface area contributed by atoms with Gasteiger partial charge in [0.25, 0.3) is 0 Å². The average molecular weight is 287 g/mol. The zero-order chi connectivity index (χ0) is 10.1. The number of benzene rings is 1. The molecule has 0 amide bonds. The van der Waals surface area contributed by atoms with Crippen molar-refractivity contribution < 1.29 is 48.7 Å². The van der Waals surface area contributed by atoms with Crippen molar-refractivity contribution in [1.29, 1.82) is 0 Å². The van der Waals surface area contributed by atoms with Gasteiger partial charge in [-0.3, -0.25) is 4.79 Å². The predicted octanol–water partition coefficient (Wildman–Crippen LogP) is -1.86. The van der Waals surface area contributed by atoms with E-state index in [1.807, 2.05) is 0 Å². The quantitative estimate of drug-likeness (QED) is 0.511. The van der Waals surface area contributed by atoms with Gasteiger partial charge in [0.1, 0.15) is 0 Å². The molecule has 0 saturated heterocycles.